The van der Waals surface area contributed by atoms with Crippen LogP contribution in [0.15, 0.2) is 65.6 Å². The quantitative estimate of drug-likeness (QED) is 0.320. The van der Waals surface area contributed by atoms with E-state index in [4.69, 9.17) is 9.47 Å². The van der Waals surface area contributed by atoms with Gasteiger partial charge in [0.25, 0.3) is 0 Å². The summed E-state index contributed by atoms with van der Waals surface area (Å²) < 4.78 is 13.5. The summed E-state index contributed by atoms with van der Waals surface area (Å²) in [5.74, 6) is -0.175. The molecule has 0 bridgehead atoms. The molecule has 0 aliphatic carbocycles. The number of carboxylic acid groups (broad SMARTS) is 1. The number of rotatable bonds is 11. The second-order valence-corrected chi connectivity index (χ2v) is 8.10. The second kappa shape index (κ2) is 13.6. The molecule has 32 heavy (non-hydrogen) atoms. The monoisotopic (exact) mass is 479 g/mol. The molecule has 1 N–H and O–H groups in total. The van der Waals surface area contributed by atoms with Gasteiger partial charge in [-0.05, 0) is 67.6 Å². The number of nitrogens with zero attached hydrogens (tertiary/aromatic N) is 1. The van der Waals surface area contributed by atoms with E-state index in [-0.39, 0.29) is 51.4 Å². The first-order valence-electron chi connectivity index (χ1n) is 10.4. The SMILES string of the molecule is CCOC(Cc1ccc(OCCn2c(C)ccc2-c2ccc(SC)cc2)cc1)C(=O)O.[KH]. The third-order valence-corrected chi connectivity index (χ3v) is 5.90. The van der Waals surface area contributed by atoms with Crippen molar-refractivity contribution in [3.8, 4) is 17.0 Å². The van der Waals surface area contributed by atoms with Gasteiger partial charge in [0.1, 0.15) is 12.4 Å². The van der Waals surface area contributed by atoms with Crippen molar-refractivity contribution in [1.82, 2.24) is 4.57 Å². The fraction of sp³-hybridized carbons (Fsp3) is 0.320. The van der Waals surface area contributed by atoms with Crippen LogP contribution in [0.1, 0.15) is 18.2 Å². The van der Waals surface area contributed by atoms with Gasteiger partial charge in [0.2, 0.25) is 0 Å². The number of hydrogen-bond acceptors (Lipinski definition) is 4. The third-order valence-electron chi connectivity index (χ3n) is 5.16. The standard InChI is InChI=1S/C25H29NO4S.K.H/c1-4-29-24(25(27)28)17-19-6-10-21(11-7-19)30-16-15-26-18(2)5-14-23(26)20-8-12-22(31-3)13-9-20;;/h5-14,24H,4,15-17H2,1-3H3,(H,27,28);;. The summed E-state index contributed by atoms with van der Waals surface area (Å²) in [5.41, 5.74) is 4.47. The topological polar surface area (TPSA) is 60.7 Å². The van der Waals surface area contributed by atoms with Crippen molar-refractivity contribution in [3.63, 3.8) is 0 Å². The van der Waals surface area contributed by atoms with Crippen LogP contribution in [0.25, 0.3) is 11.3 Å². The molecule has 1 heterocycles. The summed E-state index contributed by atoms with van der Waals surface area (Å²) >= 11 is 1.74. The Bertz CT molecular complexity index is 986. The van der Waals surface area contributed by atoms with Gasteiger partial charge in [-0.1, -0.05) is 24.3 Å². The molecule has 1 aromatic heterocycles. The molecular formula is C25H30KNO4S. The average Bonchev–Trinajstić information content (AvgIpc) is 3.15. The Labute approximate surface area is 236 Å². The number of aromatic nitrogens is 1. The van der Waals surface area contributed by atoms with Crippen molar-refractivity contribution in [3.05, 3.63) is 71.9 Å². The molecular weight excluding hydrogens is 449 g/mol. The molecule has 2 aromatic carbocycles. The zero-order chi connectivity index (χ0) is 22.2. The van der Waals surface area contributed by atoms with Crippen LogP contribution < -0.4 is 4.74 Å². The summed E-state index contributed by atoms with van der Waals surface area (Å²) in [6.07, 6.45) is 1.59. The molecule has 0 saturated heterocycles. The minimum atomic E-state index is -0.942. The third kappa shape index (κ3) is 7.48. The van der Waals surface area contributed by atoms with E-state index in [0.29, 0.717) is 19.6 Å². The summed E-state index contributed by atoms with van der Waals surface area (Å²) in [4.78, 5) is 12.5. The second-order valence-electron chi connectivity index (χ2n) is 7.22. The van der Waals surface area contributed by atoms with Gasteiger partial charge in [0.05, 0.1) is 6.54 Å². The average molecular weight is 480 g/mol. The number of carboxylic acids is 1. The van der Waals surface area contributed by atoms with Crippen LogP contribution in [0, 0.1) is 6.92 Å². The molecule has 0 amide bonds. The summed E-state index contributed by atoms with van der Waals surface area (Å²) in [7, 11) is 0. The van der Waals surface area contributed by atoms with E-state index in [9.17, 15) is 9.90 Å². The predicted octanol–water partition coefficient (Wildman–Crippen LogP) is 4.65. The predicted molar refractivity (Wildman–Crippen MR) is 132 cm³/mol. The molecule has 3 aromatic rings. The molecule has 7 heteroatoms. The van der Waals surface area contributed by atoms with Crippen LogP contribution in [0.2, 0.25) is 0 Å². The Morgan fingerprint density at radius 3 is 2.34 bits per heavy atom. The van der Waals surface area contributed by atoms with E-state index in [1.807, 2.05) is 24.3 Å². The molecule has 0 radical (unpaired) electrons. The minimum absolute atomic E-state index is 0. The van der Waals surface area contributed by atoms with Gasteiger partial charge in [-0.3, -0.25) is 0 Å². The van der Waals surface area contributed by atoms with Gasteiger partial charge in [-0.15, -0.1) is 11.8 Å². The number of aryl methyl sites for hydroxylation is 1. The summed E-state index contributed by atoms with van der Waals surface area (Å²) in [6, 6.07) is 20.4. The molecule has 5 nitrogen and oxygen atoms in total. The van der Waals surface area contributed by atoms with Crippen molar-refractivity contribution in [2.45, 2.75) is 37.8 Å². The zero-order valence-corrected chi connectivity index (χ0v) is 19.0. The van der Waals surface area contributed by atoms with E-state index < -0.39 is 12.1 Å². The first-order valence-corrected chi connectivity index (χ1v) is 11.6. The molecule has 1 atom stereocenters. The van der Waals surface area contributed by atoms with E-state index in [2.05, 4.69) is 54.1 Å². The van der Waals surface area contributed by atoms with Gasteiger partial charge in [-0.2, -0.15) is 0 Å². The van der Waals surface area contributed by atoms with Gasteiger partial charge in [0.15, 0.2) is 6.10 Å². The Kier molecular flexibility index (Phi) is 11.6. The Balaban J connectivity index is 0.00000363. The van der Waals surface area contributed by atoms with E-state index in [1.54, 1.807) is 18.7 Å². The van der Waals surface area contributed by atoms with Crippen molar-refractivity contribution in [2.24, 2.45) is 0 Å². The van der Waals surface area contributed by atoms with Crippen LogP contribution in [0.3, 0.4) is 0 Å². The number of hydrogen-bond donors (Lipinski definition) is 1. The fourth-order valence-corrected chi connectivity index (χ4v) is 3.90. The normalized spacial score (nSPS) is 11.6. The molecule has 0 aliphatic rings. The van der Waals surface area contributed by atoms with Crippen molar-refractivity contribution < 1.29 is 19.4 Å². The van der Waals surface area contributed by atoms with E-state index >= 15 is 0 Å². The Hall–Kier alpha value is -1.06. The van der Waals surface area contributed by atoms with Gasteiger partial charge < -0.3 is 19.1 Å². The van der Waals surface area contributed by atoms with Crippen LogP contribution in [0.5, 0.6) is 5.75 Å². The maximum absolute atomic E-state index is 11.3. The first-order chi connectivity index (χ1) is 15.0. The van der Waals surface area contributed by atoms with Crippen LogP contribution in [-0.2, 0) is 22.5 Å². The molecule has 3 rings (SSSR count). The van der Waals surface area contributed by atoms with Gasteiger partial charge in [0, 0.05) is 29.3 Å². The fourth-order valence-electron chi connectivity index (χ4n) is 3.49. The van der Waals surface area contributed by atoms with E-state index in [0.717, 1.165) is 17.9 Å². The Morgan fingerprint density at radius 1 is 1.06 bits per heavy atom. The number of thioether (sulfide) groups is 1. The number of aliphatic carboxylic acids is 1. The van der Waals surface area contributed by atoms with Gasteiger partial charge >= 0.3 is 57.4 Å². The maximum atomic E-state index is 11.3. The molecule has 0 saturated carbocycles. The number of benzene rings is 2. The van der Waals surface area contributed by atoms with Crippen LogP contribution in [0.4, 0.5) is 0 Å². The molecule has 0 fully saturated rings. The van der Waals surface area contributed by atoms with Crippen LogP contribution in [-0.4, -0.2) is 92.6 Å². The summed E-state index contributed by atoms with van der Waals surface area (Å²) in [5, 5.41) is 9.23. The van der Waals surface area contributed by atoms with E-state index in [1.165, 1.54) is 21.8 Å². The molecule has 1 unspecified atom stereocenters. The molecule has 166 valence electrons. The summed E-state index contributed by atoms with van der Waals surface area (Å²) in [6.45, 7) is 5.56. The van der Waals surface area contributed by atoms with Crippen molar-refractivity contribution >= 4 is 69.1 Å². The Morgan fingerprint density at radius 2 is 1.75 bits per heavy atom. The van der Waals surface area contributed by atoms with Crippen LogP contribution >= 0.6 is 11.8 Å². The number of carbonyl (C=O) groups is 1. The number of ether oxygens (including phenoxy) is 2. The van der Waals surface area contributed by atoms with Gasteiger partial charge in [-0.25, -0.2) is 4.79 Å². The zero-order valence-electron chi connectivity index (χ0n) is 18.2. The van der Waals surface area contributed by atoms with Crippen molar-refractivity contribution in [1.29, 1.82) is 0 Å². The first kappa shape index (κ1) is 27.2. The van der Waals surface area contributed by atoms with Crippen molar-refractivity contribution in [2.75, 3.05) is 19.5 Å². The molecule has 0 spiro atoms. The molecule has 0 aliphatic heterocycles.